The zero-order chi connectivity index (χ0) is 22.0. The summed E-state index contributed by atoms with van der Waals surface area (Å²) in [4.78, 5) is 12.6. The first-order valence-corrected chi connectivity index (χ1v) is 10.1. The lowest BCUT2D eigenvalue weighted by Crippen LogP contribution is -2.18. The number of aromatic nitrogens is 2. The Labute approximate surface area is 187 Å². The summed E-state index contributed by atoms with van der Waals surface area (Å²) in [6, 6.07) is 18.6. The SMILES string of the molecule is O=C(Cn1cc(-c2ccc(F)cc2)n(-c2ccc(Cl)cc2)c1=S)Nc1ccc(F)cc1. The summed E-state index contributed by atoms with van der Waals surface area (Å²) >= 11 is 11.7. The fourth-order valence-corrected chi connectivity index (χ4v) is 3.60. The standard InChI is InChI=1S/C23H16ClF2N3OS/c24-16-3-11-20(12-4-16)29-21(15-1-5-17(25)6-2-15)13-28(23(29)31)14-22(30)27-19-9-7-18(26)8-10-19/h1-13H,14H2,(H,27,30). The quantitative estimate of drug-likeness (QED) is 0.361. The third-order valence-electron chi connectivity index (χ3n) is 4.62. The van der Waals surface area contributed by atoms with Crippen molar-refractivity contribution in [3.8, 4) is 16.9 Å². The van der Waals surface area contributed by atoms with Gasteiger partial charge in [-0.05, 0) is 85.0 Å². The molecule has 0 radical (unpaired) electrons. The van der Waals surface area contributed by atoms with E-state index in [1.807, 2.05) is 12.1 Å². The van der Waals surface area contributed by atoms with E-state index in [4.69, 9.17) is 23.8 Å². The molecule has 156 valence electrons. The molecule has 4 rings (SSSR count). The topological polar surface area (TPSA) is 39.0 Å². The van der Waals surface area contributed by atoms with Gasteiger partial charge in [-0.25, -0.2) is 8.78 Å². The number of amides is 1. The number of nitrogens with zero attached hydrogens (tertiary/aromatic N) is 2. The summed E-state index contributed by atoms with van der Waals surface area (Å²) in [5.41, 5.74) is 2.67. The third-order valence-corrected chi connectivity index (χ3v) is 5.29. The van der Waals surface area contributed by atoms with Crippen molar-refractivity contribution in [3.63, 3.8) is 0 Å². The minimum atomic E-state index is -0.385. The van der Waals surface area contributed by atoms with Gasteiger partial charge < -0.3 is 9.88 Å². The van der Waals surface area contributed by atoms with Crippen molar-refractivity contribution < 1.29 is 13.6 Å². The van der Waals surface area contributed by atoms with Crippen LogP contribution in [0.25, 0.3) is 16.9 Å². The van der Waals surface area contributed by atoms with E-state index in [9.17, 15) is 13.6 Å². The van der Waals surface area contributed by atoms with Gasteiger partial charge in [0.2, 0.25) is 5.91 Å². The molecule has 0 bridgehead atoms. The molecule has 0 spiro atoms. The molecule has 1 aromatic heterocycles. The number of hydrogen-bond acceptors (Lipinski definition) is 2. The zero-order valence-electron chi connectivity index (χ0n) is 16.1. The number of nitrogens with one attached hydrogen (secondary N) is 1. The highest BCUT2D eigenvalue weighted by molar-refractivity contribution is 7.71. The van der Waals surface area contributed by atoms with Gasteiger partial charge in [0, 0.05) is 28.2 Å². The molecule has 8 heteroatoms. The van der Waals surface area contributed by atoms with Crippen molar-refractivity contribution in [2.45, 2.75) is 6.54 Å². The Hall–Kier alpha value is -3.29. The van der Waals surface area contributed by atoms with Crippen LogP contribution in [0.1, 0.15) is 0 Å². The van der Waals surface area contributed by atoms with Gasteiger partial charge in [-0.1, -0.05) is 11.6 Å². The maximum absolute atomic E-state index is 13.4. The van der Waals surface area contributed by atoms with Crippen molar-refractivity contribution in [3.05, 3.63) is 100 Å². The summed E-state index contributed by atoms with van der Waals surface area (Å²) in [6.07, 6.45) is 1.74. The lowest BCUT2D eigenvalue weighted by molar-refractivity contribution is -0.116. The second-order valence-electron chi connectivity index (χ2n) is 6.80. The van der Waals surface area contributed by atoms with Gasteiger partial charge in [0.15, 0.2) is 4.77 Å². The lowest BCUT2D eigenvalue weighted by Gasteiger charge is -2.09. The molecule has 4 aromatic rings. The van der Waals surface area contributed by atoms with E-state index in [1.165, 1.54) is 36.4 Å². The molecular formula is C23H16ClF2N3OS. The van der Waals surface area contributed by atoms with Crippen molar-refractivity contribution in [1.82, 2.24) is 9.13 Å². The molecule has 4 nitrogen and oxygen atoms in total. The maximum Gasteiger partial charge on any atom is 0.244 e. The molecule has 0 aliphatic carbocycles. The van der Waals surface area contributed by atoms with Crippen LogP contribution in [0, 0.1) is 16.4 Å². The normalized spacial score (nSPS) is 10.8. The highest BCUT2D eigenvalue weighted by atomic mass is 35.5. The Bertz CT molecular complexity index is 1280. The third kappa shape index (κ3) is 4.73. The molecule has 0 saturated heterocycles. The van der Waals surface area contributed by atoms with Crippen LogP contribution in [0.3, 0.4) is 0 Å². The molecule has 0 saturated carbocycles. The van der Waals surface area contributed by atoms with Gasteiger partial charge in [0.05, 0.1) is 5.69 Å². The van der Waals surface area contributed by atoms with Gasteiger partial charge in [0.25, 0.3) is 0 Å². The predicted molar refractivity (Wildman–Crippen MR) is 120 cm³/mol. The number of hydrogen-bond donors (Lipinski definition) is 1. The number of carbonyl (C=O) groups excluding carboxylic acids is 1. The van der Waals surface area contributed by atoms with Crippen LogP contribution in [0.2, 0.25) is 5.02 Å². The van der Waals surface area contributed by atoms with Crippen LogP contribution >= 0.6 is 23.8 Å². The number of imidazole rings is 1. The molecule has 1 N–H and O–H groups in total. The summed E-state index contributed by atoms with van der Waals surface area (Å²) in [7, 11) is 0. The molecule has 0 aliphatic rings. The Balaban J connectivity index is 1.71. The molecule has 1 amide bonds. The van der Waals surface area contributed by atoms with Crippen LogP contribution in [-0.2, 0) is 11.3 Å². The number of halogens is 3. The van der Waals surface area contributed by atoms with Gasteiger partial charge in [-0.2, -0.15) is 0 Å². The Morgan fingerprint density at radius 1 is 0.903 bits per heavy atom. The van der Waals surface area contributed by atoms with E-state index in [-0.39, 0.29) is 24.1 Å². The Morgan fingerprint density at radius 3 is 2.10 bits per heavy atom. The first-order chi connectivity index (χ1) is 14.9. The average molecular weight is 456 g/mol. The molecule has 0 unspecified atom stereocenters. The first kappa shape index (κ1) is 21.0. The minimum Gasteiger partial charge on any atom is -0.325 e. The number of anilines is 1. The highest BCUT2D eigenvalue weighted by Gasteiger charge is 2.15. The molecule has 0 atom stereocenters. The number of benzene rings is 3. The van der Waals surface area contributed by atoms with E-state index < -0.39 is 0 Å². The van der Waals surface area contributed by atoms with Crippen LogP contribution in [0.15, 0.2) is 79.0 Å². The van der Waals surface area contributed by atoms with Crippen molar-refractivity contribution in [2.24, 2.45) is 0 Å². The minimum absolute atomic E-state index is 0.0506. The van der Waals surface area contributed by atoms with E-state index >= 15 is 0 Å². The summed E-state index contributed by atoms with van der Waals surface area (Å²) < 4.78 is 30.3. The average Bonchev–Trinajstić information content (AvgIpc) is 3.07. The summed E-state index contributed by atoms with van der Waals surface area (Å²) in [6.45, 7) is -0.0506. The largest absolute Gasteiger partial charge is 0.325 e. The fraction of sp³-hybridized carbons (Fsp3) is 0.0435. The van der Waals surface area contributed by atoms with E-state index in [2.05, 4.69) is 5.32 Å². The second-order valence-corrected chi connectivity index (χ2v) is 7.60. The Morgan fingerprint density at radius 2 is 1.48 bits per heavy atom. The highest BCUT2D eigenvalue weighted by Crippen LogP contribution is 2.26. The number of carbonyl (C=O) groups is 1. The lowest BCUT2D eigenvalue weighted by atomic mass is 10.1. The van der Waals surface area contributed by atoms with Crippen molar-refractivity contribution in [1.29, 1.82) is 0 Å². The maximum atomic E-state index is 13.4. The van der Waals surface area contributed by atoms with Crippen molar-refractivity contribution >= 4 is 35.4 Å². The van der Waals surface area contributed by atoms with Crippen LogP contribution in [0.4, 0.5) is 14.5 Å². The number of rotatable bonds is 5. The van der Waals surface area contributed by atoms with Crippen LogP contribution in [0.5, 0.6) is 0 Å². The van der Waals surface area contributed by atoms with Crippen LogP contribution in [-0.4, -0.2) is 15.0 Å². The molecule has 31 heavy (non-hydrogen) atoms. The van der Waals surface area contributed by atoms with Gasteiger partial charge >= 0.3 is 0 Å². The molecule has 0 fully saturated rings. The summed E-state index contributed by atoms with van der Waals surface area (Å²) in [5, 5.41) is 3.30. The summed E-state index contributed by atoms with van der Waals surface area (Å²) in [5.74, 6) is -1.05. The predicted octanol–water partition coefficient (Wildman–Crippen LogP) is 6.25. The Kier molecular flexibility index (Phi) is 5.97. The molecule has 3 aromatic carbocycles. The van der Waals surface area contributed by atoms with Crippen molar-refractivity contribution in [2.75, 3.05) is 5.32 Å². The van der Waals surface area contributed by atoms with Gasteiger partial charge in [0.1, 0.15) is 18.2 Å². The zero-order valence-corrected chi connectivity index (χ0v) is 17.6. The monoisotopic (exact) mass is 455 g/mol. The van der Waals surface area contributed by atoms with E-state index in [1.54, 1.807) is 39.6 Å². The smallest absolute Gasteiger partial charge is 0.244 e. The fourth-order valence-electron chi connectivity index (χ4n) is 3.16. The molecule has 0 aliphatic heterocycles. The van der Waals surface area contributed by atoms with Gasteiger partial charge in [-0.3, -0.25) is 9.36 Å². The second kappa shape index (κ2) is 8.83. The first-order valence-electron chi connectivity index (χ1n) is 9.30. The van der Waals surface area contributed by atoms with Crippen LogP contribution < -0.4 is 5.32 Å². The van der Waals surface area contributed by atoms with Gasteiger partial charge in [-0.15, -0.1) is 0 Å². The molecular weight excluding hydrogens is 440 g/mol. The van der Waals surface area contributed by atoms with E-state index in [0.29, 0.717) is 21.2 Å². The molecule has 1 heterocycles. The van der Waals surface area contributed by atoms with E-state index in [0.717, 1.165) is 11.3 Å².